The fraction of sp³-hybridized carbons (Fsp3) is 0.273. The fourth-order valence-electron chi connectivity index (χ4n) is 2.77. The number of ether oxygens (including phenoxy) is 2. The van der Waals surface area contributed by atoms with Crippen LogP contribution in [0.3, 0.4) is 0 Å². The summed E-state index contributed by atoms with van der Waals surface area (Å²) in [5.74, 6) is 3.10. The number of anilines is 2. The van der Waals surface area contributed by atoms with Crippen molar-refractivity contribution in [1.29, 1.82) is 0 Å². The molecule has 0 fully saturated rings. The zero-order chi connectivity index (χ0) is 19.8. The molecule has 146 valence electrons. The lowest BCUT2D eigenvalue weighted by molar-refractivity contribution is 0.331. The second kappa shape index (κ2) is 9.60. The summed E-state index contributed by atoms with van der Waals surface area (Å²) in [6, 6.07) is 19.9. The molecule has 0 saturated carbocycles. The Morgan fingerprint density at radius 3 is 2.39 bits per heavy atom. The van der Waals surface area contributed by atoms with Crippen molar-refractivity contribution < 1.29 is 9.47 Å². The molecule has 0 aliphatic heterocycles. The van der Waals surface area contributed by atoms with Crippen LogP contribution in [0.15, 0.2) is 60.7 Å². The van der Waals surface area contributed by atoms with Gasteiger partial charge in [-0.1, -0.05) is 30.3 Å². The quantitative estimate of drug-likeness (QED) is 0.570. The summed E-state index contributed by atoms with van der Waals surface area (Å²) in [6.45, 7) is 3.88. The van der Waals surface area contributed by atoms with Gasteiger partial charge < -0.3 is 19.7 Å². The average molecular weight is 378 g/mol. The Bertz CT molecular complexity index is 869. The highest BCUT2D eigenvalue weighted by atomic mass is 16.5. The summed E-state index contributed by atoms with van der Waals surface area (Å²) in [5.41, 5.74) is 2.16. The zero-order valence-electron chi connectivity index (χ0n) is 16.6. The van der Waals surface area contributed by atoms with Crippen molar-refractivity contribution in [3.8, 4) is 11.5 Å². The predicted octanol–water partition coefficient (Wildman–Crippen LogP) is 3.92. The second-order valence-corrected chi connectivity index (χ2v) is 6.48. The van der Waals surface area contributed by atoms with Gasteiger partial charge in [0, 0.05) is 25.4 Å². The molecule has 0 aliphatic carbocycles. The van der Waals surface area contributed by atoms with Crippen molar-refractivity contribution in [1.82, 2.24) is 9.97 Å². The average Bonchev–Trinajstić information content (AvgIpc) is 2.72. The van der Waals surface area contributed by atoms with E-state index in [1.54, 1.807) is 7.11 Å². The zero-order valence-corrected chi connectivity index (χ0v) is 16.6. The number of methoxy groups -OCH3 is 1. The summed E-state index contributed by atoms with van der Waals surface area (Å²) in [4.78, 5) is 11.2. The molecule has 6 heteroatoms. The SMILES string of the molecule is COc1ccc(OCCNc2nc(C)cc(N(C)Cc3ccccc3)n2)cc1. The Labute approximate surface area is 166 Å². The first-order valence-corrected chi connectivity index (χ1v) is 9.25. The number of aryl methyl sites for hydroxylation is 1. The van der Waals surface area contributed by atoms with Crippen LogP contribution in [0.5, 0.6) is 11.5 Å². The number of rotatable bonds is 9. The van der Waals surface area contributed by atoms with Gasteiger partial charge in [0.25, 0.3) is 0 Å². The lowest BCUT2D eigenvalue weighted by Gasteiger charge is -2.19. The van der Waals surface area contributed by atoms with Gasteiger partial charge in [-0.05, 0) is 36.8 Å². The molecule has 0 saturated heterocycles. The molecule has 0 bridgehead atoms. The number of aromatic nitrogens is 2. The van der Waals surface area contributed by atoms with Crippen LogP contribution >= 0.6 is 0 Å². The van der Waals surface area contributed by atoms with Gasteiger partial charge in [-0.25, -0.2) is 4.98 Å². The maximum atomic E-state index is 5.73. The van der Waals surface area contributed by atoms with Crippen molar-refractivity contribution in [2.75, 3.05) is 37.5 Å². The third-order valence-corrected chi connectivity index (χ3v) is 4.21. The molecule has 0 atom stereocenters. The molecular weight excluding hydrogens is 352 g/mol. The van der Waals surface area contributed by atoms with Crippen LogP contribution in [0.4, 0.5) is 11.8 Å². The molecular formula is C22H26N4O2. The first-order valence-electron chi connectivity index (χ1n) is 9.25. The van der Waals surface area contributed by atoms with E-state index in [1.165, 1.54) is 5.56 Å². The lowest BCUT2D eigenvalue weighted by Crippen LogP contribution is -2.20. The summed E-state index contributed by atoms with van der Waals surface area (Å²) < 4.78 is 10.9. The molecule has 1 N–H and O–H groups in total. The van der Waals surface area contributed by atoms with Crippen molar-refractivity contribution in [3.63, 3.8) is 0 Å². The highest BCUT2D eigenvalue weighted by Gasteiger charge is 2.07. The number of benzene rings is 2. The van der Waals surface area contributed by atoms with E-state index in [2.05, 4.69) is 32.3 Å². The summed E-state index contributed by atoms with van der Waals surface area (Å²) in [5, 5.41) is 3.24. The minimum Gasteiger partial charge on any atom is -0.497 e. The molecule has 0 unspecified atom stereocenters. The molecule has 0 radical (unpaired) electrons. The standard InChI is InChI=1S/C22H26N4O2/c1-17-15-21(26(2)16-18-7-5-4-6-8-18)25-22(24-17)23-13-14-28-20-11-9-19(27-3)10-12-20/h4-12,15H,13-14,16H2,1-3H3,(H,23,24,25). The van der Waals surface area contributed by atoms with E-state index in [-0.39, 0.29) is 0 Å². The summed E-state index contributed by atoms with van der Waals surface area (Å²) in [7, 11) is 3.68. The highest BCUT2D eigenvalue weighted by molar-refractivity contribution is 5.44. The normalized spacial score (nSPS) is 10.4. The van der Waals surface area contributed by atoms with Gasteiger partial charge in [-0.2, -0.15) is 4.98 Å². The Morgan fingerprint density at radius 1 is 0.964 bits per heavy atom. The molecule has 3 aromatic rings. The van der Waals surface area contributed by atoms with E-state index in [0.29, 0.717) is 19.1 Å². The number of nitrogens with zero attached hydrogens (tertiary/aromatic N) is 3. The summed E-state index contributed by atoms with van der Waals surface area (Å²) in [6.07, 6.45) is 0. The van der Waals surface area contributed by atoms with Crippen LogP contribution in [-0.2, 0) is 6.54 Å². The van der Waals surface area contributed by atoms with Crippen LogP contribution in [0.25, 0.3) is 0 Å². The van der Waals surface area contributed by atoms with E-state index >= 15 is 0 Å². The predicted molar refractivity (Wildman–Crippen MR) is 112 cm³/mol. The number of hydrogen-bond acceptors (Lipinski definition) is 6. The Morgan fingerprint density at radius 2 is 1.68 bits per heavy atom. The maximum Gasteiger partial charge on any atom is 0.224 e. The van der Waals surface area contributed by atoms with E-state index < -0.39 is 0 Å². The minimum absolute atomic E-state index is 0.513. The Kier molecular flexibility index (Phi) is 6.68. The lowest BCUT2D eigenvalue weighted by atomic mass is 10.2. The van der Waals surface area contributed by atoms with E-state index in [4.69, 9.17) is 9.47 Å². The van der Waals surface area contributed by atoms with E-state index in [9.17, 15) is 0 Å². The van der Waals surface area contributed by atoms with Gasteiger partial charge >= 0.3 is 0 Å². The Hall–Kier alpha value is -3.28. The molecule has 6 nitrogen and oxygen atoms in total. The third-order valence-electron chi connectivity index (χ3n) is 4.21. The van der Waals surface area contributed by atoms with Gasteiger partial charge in [-0.15, -0.1) is 0 Å². The van der Waals surface area contributed by atoms with Crippen molar-refractivity contribution in [3.05, 3.63) is 71.9 Å². The second-order valence-electron chi connectivity index (χ2n) is 6.48. The Balaban J connectivity index is 1.53. The van der Waals surface area contributed by atoms with Crippen LogP contribution in [0.2, 0.25) is 0 Å². The van der Waals surface area contributed by atoms with Gasteiger partial charge in [0.1, 0.15) is 23.9 Å². The molecule has 1 heterocycles. The van der Waals surface area contributed by atoms with Crippen LogP contribution < -0.4 is 19.7 Å². The van der Waals surface area contributed by atoms with Crippen molar-refractivity contribution in [2.24, 2.45) is 0 Å². The molecule has 1 aromatic heterocycles. The molecule has 2 aromatic carbocycles. The smallest absolute Gasteiger partial charge is 0.224 e. The minimum atomic E-state index is 0.513. The fourth-order valence-corrected chi connectivity index (χ4v) is 2.77. The number of hydrogen-bond donors (Lipinski definition) is 1. The molecule has 0 amide bonds. The van der Waals surface area contributed by atoms with Crippen LogP contribution in [0, 0.1) is 6.92 Å². The largest absolute Gasteiger partial charge is 0.497 e. The van der Waals surface area contributed by atoms with Gasteiger partial charge in [0.2, 0.25) is 5.95 Å². The van der Waals surface area contributed by atoms with Crippen LogP contribution in [0.1, 0.15) is 11.3 Å². The topological polar surface area (TPSA) is 59.5 Å². The van der Waals surface area contributed by atoms with Gasteiger partial charge in [0.05, 0.1) is 13.7 Å². The first kappa shape index (κ1) is 19.5. The molecule has 0 spiro atoms. The summed E-state index contributed by atoms with van der Waals surface area (Å²) >= 11 is 0. The van der Waals surface area contributed by atoms with E-state index in [1.807, 2.05) is 62.5 Å². The highest BCUT2D eigenvalue weighted by Crippen LogP contribution is 2.18. The first-order chi connectivity index (χ1) is 13.6. The van der Waals surface area contributed by atoms with Gasteiger partial charge in [0.15, 0.2) is 0 Å². The monoisotopic (exact) mass is 378 g/mol. The third kappa shape index (κ3) is 5.61. The van der Waals surface area contributed by atoms with Crippen LogP contribution in [-0.4, -0.2) is 37.3 Å². The van der Waals surface area contributed by atoms with Crippen molar-refractivity contribution in [2.45, 2.75) is 13.5 Å². The molecule has 3 rings (SSSR count). The maximum absolute atomic E-state index is 5.73. The van der Waals surface area contributed by atoms with E-state index in [0.717, 1.165) is 29.6 Å². The van der Waals surface area contributed by atoms with Crippen molar-refractivity contribution >= 4 is 11.8 Å². The number of nitrogens with one attached hydrogen (secondary N) is 1. The molecule has 0 aliphatic rings. The molecule has 28 heavy (non-hydrogen) atoms. The van der Waals surface area contributed by atoms with Gasteiger partial charge in [-0.3, -0.25) is 0 Å².